The first kappa shape index (κ1) is 25.9. The predicted octanol–water partition coefficient (Wildman–Crippen LogP) is 6.01. The number of fused-ring (bicyclic) bond motifs is 1. The second-order valence-corrected chi connectivity index (χ2v) is 10.9. The van der Waals surface area contributed by atoms with E-state index in [1.807, 2.05) is 32.9 Å². The molecule has 0 unspecified atom stereocenters. The molecule has 1 aliphatic heterocycles. The van der Waals surface area contributed by atoms with Crippen LogP contribution in [-0.2, 0) is 17.3 Å². The fraction of sp³-hybridized carbons (Fsp3) is 0.370. The number of aryl methyl sites for hydroxylation is 1. The minimum absolute atomic E-state index is 0.283. The van der Waals surface area contributed by atoms with E-state index in [1.165, 1.54) is 0 Å². The predicted molar refractivity (Wildman–Crippen MR) is 140 cm³/mol. The maximum atomic E-state index is 13.7. The average Bonchev–Trinajstić information content (AvgIpc) is 3.18. The number of hydrogen-bond donors (Lipinski definition) is 1. The van der Waals surface area contributed by atoms with Gasteiger partial charge in [-0.1, -0.05) is 35.3 Å². The van der Waals surface area contributed by atoms with Crippen LogP contribution in [0.3, 0.4) is 0 Å². The number of ether oxygens (including phenoxy) is 1. The van der Waals surface area contributed by atoms with Gasteiger partial charge < -0.3 is 19.5 Å². The quantitative estimate of drug-likeness (QED) is 0.452. The molecule has 3 aromatic rings. The van der Waals surface area contributed by atoms with E-state index in [0.717, 1.165) is 11.1 Å². The number of nitrogens with zero attached hydrogens (tertiary/aromatic N) is 3. The number of rotatable bonds is 3. The Morgan fingerprint density at radius 2 is 1.81 bits per heavy atom. The largest absolute Gasteiger partial charge is 0.444 e. The Morgan fingerprint density at radius 1 is 1.11 bits per heavy atom. The van der Waals surface area contributed by atoms with E-state index < -0.39 is 11.1 Å². The van der Waals surface area contributed by atoms with Gasteiger partial charge in [0.05, 0.1) is 27.2 Å². The molecule has 1 N–H and O–H groups in total. The number of nitriles is 1. The monoisotopic (exact) mass is 526 g/mol. The Bertz CT molecular complexity index is 1380. The van der Waals surface area contributed by atoms with Gasteiger partial charge in [0.25, 0.3) is 5.91 Å². The van der Waals surface area contributed by atoms with Crippen LogP contribution in [0.5, 0.6) is 0 Å². The zero-order valence-electron chi connectivity index (χ0n) is 20.7. The molecule has 188 valence electrons. The van der Waals surface area contributed by atoms with Crippen molar-refractivity contribution in [1.82, 2.24) is 14.8 Å². The summed E-state index contributed by atoms with van der Waals surface area (Å²) in [6, 6.07) is 14.7. The number of hydrogen-bond acceptors (Lipinski definition) is 4. The molecule has 0 aliphatic carbocycles. The minimum Gasteiger partial charge on any atom is -0.444 e. The maximum Gasteiger partial charge on any atom is 0.410 e. The van der Waals surface area contributed by atoms with Crippen molar-refractivity contribution in [3.63, 3.8) is 0 Å². The molecule has 1 aliphatic rings. The SMILES string of the molecule is Cn1c(C(=O)NC2(c3cccc(C#N)c3)CCN(C(=O)OC(C)(C)C)CC2)cc2c(Cl)c(Cl)ccc21. The van der Waals surface area contributed by atoms with Crippen molar-refractivity contribution in [2.75, 3.05) is 13.1 Å². The molecule has 2 heterocycles. The van der Waals surface area contributed by atoms with E-state index in [-0.39, 0.29) is 12.0 Å². The lowest BCUT2D eigenvalue weighted by Gasteiger charge is -2.43. The van der Waals surface area contributed by atoms with Crippen LogP contribution in [0.15, 0.2) is 42.5 Å². The highest BCUT2D eigenvalue weighted by atomic mass is 35.5. The smallest absolute Gasteiger partial charge is 0.410 e. The molecule has 9 heteroatoms. The van der Waals surface area contributed by atoms with Crippen LogP contribution < -0.4 is 5.32 Å². The average molecular weight is 527 g/mol. The Hall–Kier alpha value is -3.21. The molecule has 4 rings (SSSR count). The first-order valence-electron chi connectivity index (χ1n) is 11.7. The van der Waals surface area contributed by atoms with Crippen molar-refractivity contribution in [3.05, 3.63) is 69.3 Å². The van der Waals surface area contributed by atoms with Gasteiger partial charge in [0, 0.05) is 31.0 Å². The van der Waals surface area contributed by atoms with Crippen molar-refractivity contribution in [2.24, 2.45) is 7.05 Å². The molecule has 0 radical (unpaired) electrons. The summed E-state index contributed by atoms with van der Waals surface area (Å²) in [5, 5.41) is 14.2. The fourth-order valence-electron chi connectivity index (χ4n) is 4.62. The van der Waals surface area contributed by atoms with Crippen LogP contribution in [0.1, 0.15) is 55.2 Å². The zero-order valence-corrected chi connectivity index (χ0v) is 22.2. The number of carbonyl (C=O) groups excluding carboxylic acids is 2. The standard InChI is InChI=1S/C27H28Cl2N4O3/c1-26(2,3)36-25(35)33-12-10-27(11-13-33,18-7-5-6-17(14-18)16-30)31-24(34)22-15-19-21(32(22)4)9-8-20(28)23(19)29/h5-9,14-15H,10-13H2,1-4H3,(H,31,34). The third kappa shape index (κ3) is 5.02. The summed E-state index contributed by atoms with van der Waals surface area (Å²) >= 11 is 12.6. The molecule has 2 aromatic carbocycles. The lowest BCUT2D eigenvalue weighted by Crippen LogP contribution is -2.54. The Kier molecular flexibility index (Phi) is 6.96. The highest BCUT2D eigenvalue weighted by Gasteiger charge is 2.40. The van der Waals surface area contributed by atoms with Gasteiger partial charge in [-0.2, -0.15) is 5.26 Å². The molecule has 1 fully saturated rings. The summed E-state index contributed by atoms with van der Waals surface area (Å²) in [6.07, 6.45) is 0.542. The van der Waals surface area contributed by atoms with Gasteiger partial charge in [-0.3, -0.25) is 4.79 Å². The molecule has 36 heavy (non-hydrogen) atoms. The number of amides is 2. The van der Waals surface area contributed by atoms with Crippen LogP contribution in [0.4, 0.5) is 4.79 Å². The number of nitrogens with one attached hydrogen (secondary N) is 1. The number of benzene rings is 2. The summed E-state index contributed by atoms with van der Waals surface area (Å²) in [6.45, 7) is 6.27. The van der Waals surface area contributed by atoms with Gasteiger partial charge in [-0.15, -0.1) is 0 Å². The fourth-order valence-corrected chi connectivity index (χ4v) is 5.00. The van der Waals surface area contributed by atoms with Gasteiger partial charge in [-0.25, -0.2) is 4.79 Å². The zero-order chi connectivity index (χ0) is 26.3. The van der Waals surface area contributed by atoms with E-state index in [4.69, 9.17) is 27.9 Å². The molecule has 0 atom stereocenters. The summed E-state index contributed by atoms with van der Waals surface area (Å²) in [5.74, 6) is -0.283. The molecular formula is C27H28Cl2N4O3. The lowest BCUT2D eigenvalue weighted by molar-refractivity contribution is 0.0145. The van der Waals surface area contributed by atoms with Gasteiger partial charge in [0.15, 0.2) is 0 Å². The normalized spacial score (nSPS) is 15.4. The van der Waals surface area contributed by atoms with Crippen LogP contribution >= 0.6 is 23.2 Å². The molecule has 1 saturated heterocycles. The van der Waals surface area contributed by atoms with Crippen molar-refractivity contribution in [1.29, 1.82) is 5.26 Å². The van der Waals surface area contributed by atoms with Crippen molar-refractivity contribution in [3.8, 4) is 6.07 Å². The number of piperidine rings is 1. The molecule has 0 saturated carbocycles. The van der Waals surface area contributed by atoms with Gasteiger partial charge >= 0.3 is 6.09 Å². The van der Waals surface area contributed by atoms with E-state index >= 15 is 0 Å². The van der Waals surface area contributed by atoms with E-state index in [0.29, 0.717) is 52.6 Å². The molecule has 1 aromatic heterocycles. The third-order valence-electron chi connectivity index (χ3n) is 6.51. The van der Waals surface area contributed by atoms with Gasteiger partial charge in [0.2, 0.25) is 0 Å². The highest BCUT2D eigenvalue weighted by molar-refractivity contribution is 6.45. The molecular weight excluding hydrogens is 499 g/mol. The van der Waals surface area contributed by atoms with Crippen LogP contribution in [0.2, 0.25) is 10.0 Å². The summed E-state index contributed by atoms with van der Waals surface area (Å²) < 4.78 is 7.32. The Morgan fingerprint density at radius 3 is 2.44 bits per heavy atom. The topological polar surface area (TPSA) is 87.4 Å². The maximum absolute atomic E-state index is 13.7. The summed E-state index contributed by atoms with van der Waals surface area (Å²) in [5.41, 5.74) is 1.16. The highest BCUT2D eigenvalue weighted by Crippen LogP contribution is 2.36. The van der Waals surface area contributed by atoms with Gasteiger partial charge in [0.1, 0.15) is 11.3 Å². The van der Waals surface area contributed by atoms with Gasteiger partial charge in [-0.05, 0) is 69.5 Å². The minimum atomic E-state index is -0.777. The summed E-state index contributed by atoms with van der Waals surface area (Å²) in [4.78, 5) is 28.0. The molecule has 0 bridgehead atoms. The first-order chi connectivity index (χ1) is 16.9. The van der Waals surface area contributed by atoms with Crippen molar-refractivity contribution in [2.45, 2.75) is 44.8 Å². The lowest BCUT2D eigenvalue weighted by atomic mass is 9.80. The number of aromatic nitrogens is 1. The molecule has 0 spiro atoms. The number of likely N-dealkylation sites (tertiary alicyclic amines) is 1. The summed E-state index contributed by atoms with van der Waals surface area (Å²) in [7, 11) is 1.80. The van der Waals surface area contributed by atoms with Crippen molar-refractivity contribution < 1.29 is 14.3 Å². The van der Waals surface area contributed by atoms with E-state index in [9.17, 15) is 14.9 Å². The first-order valence-corrected chi connectivity index (χ1v) is 12.4. The molecule has 7 nitrogen and oxygen atoms in total. The second kappa shape index (κ2) is 9.68. The van der Waals surface area contributed by atoms with E-state index in [1.54, 1.807) is 46.8 Å². The van der Waals surface area contributed by atoms with E-state index in [2.05, 4.69) is 11.4 Å². The Labute approximate surface area is 220 Å². The molecule has 2 amide bonds. The van der Waals surface area contributed by atoms with Crippen molar-refractivity contribution >= 4 is 46.1 Å². The number of carbonyl (C=O) groups is 2. The second-order valence-electron chi connectivity index (χ2n) is 10.1. The van der Waals surface area contributed by atoms with Crippen LogP contribution in [-0.4, -0.2) is 40.2 Å². The van der Waals surface area contributed by atoms with Crippen LogP contribution in [0.25, 0.3) is 10.9 Å². The third-order valence-corrected chi connectivity index (χ3v) is 7.33. The van der Waals surface area contributed by atoms with Crippen LogP contribution in [0, 0.1) is 11.3 Å². The number of halogens is 2. The Balaban J connectivity index is 1.67.